The Hall–Kier alpha value is 0.0300. The lowest BCUT2D eigenvalue weighted by Crippen LogP contribution is -2.35. The predicted molar refractivity (Wildman–Crippen MR) is 179 cm³/mol. The van der Waals surface area contributed by atoms with Crippen LogP contribution >= 0.6 is 7.60 Å². The smallest absolute Gasteiger partial charge is 0.356 e. The zero-order chi connectivity index (χ0) is 31.0. The van der Waals surface area contributed by atoms with E-state index >= 15 is 0 Å². The molecule has 42 heavy (non-hydrogen) atoms. The Bertz CT molecular complexity index is 570. The molecule has 2 unspecified atom stereocenters. The second kappa shape index (κ2) is 32.4. The average molecular weight is 621 g/mol. The van der Waals surface area contributed by atoms with Gasteiger partial charge in [0.15, 0.2) is 5.85 Å². The normalized spacial score (nSPS) is 13.5. The first-order chi connectivity index (χ1) is 20.5. The topological polar surface area (TPSA) is 96.2 Å². The highest BCUT2D eigenvalue weighted by molar-refractivity contribution is 7.52. The van der Waals surface area contributed by atoms with Crippen molar-refractivity contribution < 1.29 is 28.9 Å². The number of hydrogen-bond donors (Lipinski definition) is 3. The minimum absolute atomic E-state index is 0.284. The van der Waals surface area contributed by atoms with Crippen molar-refractivity contribution in [2.75, 3.05) is 19.8 Å². The molecule has 0 rings (SSSR count). The van der Waals surface area contributed by atoms with Gasteiger partial charge in [-0.2, -0.15) is 0 Å². The lowest BCUT2D eigenvalue weighted by Gasteiger charge is -2.26. The monoisotopic (exact) mass is 621 g/mol. The second-order valence-corrected chi connectivity index (χ2v) is 14.3. The van der Waals surface area contributed by atoms with Crippen LogP contribution in [-0.4, -0.2) is 46.7 Å². The summed E-state index contributed by atoms with van der Waals surface area (Å²) in [5.41, 5.74) is 0. The van der Waals surface area contributed by atoms with E-state index in [-0.39, 0.29) is 6.61 Å². The van der Waals surface area contributed by atoms with Gasteiger partial charge < -0.3 is 24.4 Å². The minimum atomic E-state index is -4.53. The summed E-state index contributed by atoms with van der Waals surface area (Å²) in [7, 11) is -4.53. The van der Waals surface area contributed by atoms with E-state index in [0.717, 1.165) is 38.5 Å². The Labute approximate surface area is 261 Å². The summed E-state index contributed by atoms with van der Waals surface area (Å²) in [4.78, 5) is 19.6. The highest BCUT2D eigenvalue weighted by atomic mass is 31.2. The van der Waals surface area contributed by atoms with Crippen LogP contribution in [-0.2, 0) is 14.0 Å². The molecule has 0 spiro atoms. The molecule has 0 aromatic carbocycles. The number of unbranched alkanes of at least 4 members (excludes halogenated alkanes) is 26. The van der Waals surface area contributed by atoms with Crippen LogP contribution in [0.25, 0.3) is 0 Å². The van der Waals surface area contributed by atoms with Crippen molar-refractivity contribution >= 4 is 7.60 Å². The van der Waals surface area contributed by atoms with E-state index in [0.29, 0.717) is 6.61 Å². The van der Waals surface area contributed by atoms with Gasteiger partial charge in [0, 0.05) is 13.2 Å². The first kappa shape index (κ1) is 42.0. The molecule has 0 aliphatic carbocycles. The highest BCUT2D eigenvalue weighted by Gasteiger charge is 2.37. The van der Waals surface area contributed by atoms with Crippen LogP contribution in [0.2, 0.25) is 0 Å². The molecule has 0 amide bonds. The van der Waals surface area contributed by atoms with Gasteiger partial charge in [-0.3, -0.25) is 4.57 Å². The molecule has 3 N–H and O–H groups in total. The molecule has 7 heteroatoms. The van der Waals surface area contributed by atoms with Gasteiger partial charge in [-0.1, -0.05) is 181 Å². The van der Waals surface area contributed by atoms with Crippen LogP contribution < -0.4 is 0 Å². The van der Waals surface area contributed by atoms with Crippen molar-refractivity contribution in [2.45, 2.75) is 206 Å². The molecule has 2 atom stereocenters. The predicted octanol–water partition coefficient (Wildman–Crippen LogP) is 10.8. The maximum Gasteiger partial charge on any atom is 0.356 e. The summed E-state index contributed by atoms with van der Waals surface area (Å²) < 4.78 is 23.3. The first-order valence-corrected chi connectivity index (χ1v) is 20.0. The molecule has 0 radical (unpaired) electrons. The average Bonchev–Trinajstić information content (AvgIpc) is 2.97. The molecule has 254 valence electrons. The molecule has 0 aliphatic heterocycles. The van der Waals surface area contributed by atoms with Gasteiger partial charge in [0.2, 0.25) is 0 Å². The lowest BCUT2D eigenvalue weighted by molar-refractivity contribution is -0.0695. The van der Waals surface area contributed by atoms with Crippen molar-refractivity contribution in [1.29, 1.82) is 0 Å². The van der Waals surface area contributed by atoms with E-state index in [9.17, 15) is 19.5 Å². The van der Waals surface area contributed by atoms with Crippen LogP contribution in [0.3, 0.4) is 0 Å². The van der Waals surface area contributed by atoms with E-state index in [1.807, 2.05) is 0 Å². The Balaban J connectivity index is 3.77. The SMILES string of the molecule is CCCCCCCCCCCCCCCCOC(CO)C(OCCCCCCCCCCCCCCCC)P(=O)(O)O. The van der Waals surface area contributed by atoms with Gasteiger partial charge in [0.1, 0.15) is 6.10 Å². The van der Waals surface area contributed by atoms with Gasteiger partial charge in [-0.05, 0) is 12.8 Å². The van der Waals surface area contributed by atoms with Crippen LogP contribution in [0.15, 0.2) is 0 Å². The van der Waals surface area contributed by atoms with Crippen LogP contribution in [0.5, 0.6) is 0 Å². The van der Waals surface area contributed by atoms with Crippen molar-refractivity contribution in [3.05, 3.63) is 0 Å². The van der Waals surface area contributed by atoms with E-state index in [1.165, 1.54) is 141 Å². The molecule has 0 aromatic heterocycles. The Kier molecular flexibility index (Phi) is 32.4. The maximum absolute atomic E-state index is 12.0. The Morgan fingerprint density at radius 2 is 0.714 bits per heavy atom. The van der Waals surface area contributed by atoms with Crippen LogP contribution in [0.4, 0.5) is 0 Å². The van der Waals surface area contributed by atoms with E-state index in [1.54, 1.807) is 0 Å². The molecular formula is C35H73O6P. The van der Waals surface area contributed by atoms with Crippen molar-refractivity contribution in [1.82, 2.24) is 0 Å². The summed E-state index contributed by atoms with van der Waals surface area (Å²) in [6, 6.07) is 0. The van der Waals surface area contributed by atoms with E-state index < -0.39 is 26.2 Å². The quantitative estimate of drug-likeness (QED) is 0.0482. The second-order valence-electron chi connectivity index (χ2n) is 12.6. The van der Waals surface area contributed by atoms with E-state index in [4.69, 9.17) is 9.47 Å². The molecule has 0 saturated heterocycles. The number of ether oxygens (including phenoxy) is 2. The van der Waals surface area contributed by atoms with Crippen LogP contribution in [0.1, 0.15) is 194 Å². The number of aliphatic hydroxyl groups excluding tert-OH is 1. The number of hydrogen-bond acceptors (Lipinski definition) is 4. The fourth-order valence-corrected chi connectivity index (χ4v) is 6.59. The van der Waals surface area contributed by atoms with Gasteiger partial charge in [-0.15, -0.1) is 0 Å². The summed E-state index contributed by atoms with van der Waals surface area (Å²) >= 11 is 0. The molecule has 0 bridgehead atoms. The summed E-state index contributed by atoms with van der Waals surface area (Å²) in [6.45, 7) is 4.75. The Morgan fingerprint density at radius 1 is 0.452 bits per heavy atom. The standard InChI is InChI=1S/C35H73O6P/c1-3-5-7-9-11-13-15-17-19-21-23-25-27-29-31-40-34(33-36)35(42(37,38)39)41-32-30-28-26-24-22-20-18-16-14-12-10-8-6-4-2/h34-36H,3-33H2,1-2H3,(H2,37,38,39). The summed E-state index contributed by atoms with van der Waals surface area (Å²) in [5, 5.41) is 9.75. The fourth-order valence-electron chi connectivity index (χ4n) is 5.68. The van der Waals surface area contributed by atoms with Gasteiger partial charge >= 0.3 is 7.60 Å². The highest BCUT2D eigenvalue weighted by Crippen LogP contribution is 2.44. The van der Waals surface area contributed by atoms with Gasteiger partial charge in [0.25, 0.3) is 0 Å². The largest absolute Gasteiger partial charge is 0.394 e. The third kappa shape index (κ3) is 28.8. The number of aliphatic hydroxyl groups is 1. The third-order valence-electron chi connectivity index (χ3n) is 8.45. The molecule has 0 fully saturated rings. The molecular weight excluding hydrogens is 547 g/mol. The van der Waals surface area contributed by atoms with Gasteiger partial charge in [-0.25, -0.2) is 0 Å². The third-order valence-corrected chi connectivity index (χ3v) is 9.59. The Morgan fingerprint density at radius 3 is 0.976 bits per heavy atom. The molecule has 0 saturated carbocycles. The fraction of sp³-hybridized carbons (Fsp3) is 1.00. The zero-order valence-electron chi connectivity index (χ0n) is 28.1. The lowest BCUT2D eigenvalue weighted by atomic mass is 10.0. The van der Waals surface area contributed by atoms with Gasteiger partial charge in [0.05, 0.1) is 6.61 Å². The van der Waals surface area contributed by atoms with Crippen molar-refractivity contribution in [3.8, 4) is 0 Å². The van der Waals surface area contributed by atoms with E-state index in [2.05, 4.69) is 13.8 Å². The molecule has 0 aromatic rings. The molecule has 0 heterocycles. The summed E-state index contributed by atoms with van der Waals surface area (Å²) in [6.07, 6.45) is 34.4. The zero-order valence-corrected chi connectivity index (χ0v) is 29.0. The first-order valence-electron chi connectivity index (χ1n) is 18.4. The minimum Gasteiger partial charge on any atom is -0.394 e. The van der Waals surface area contributed by atoms with Crippen LogP contribution in [0, 0.1) is 0 Å². The molecule has 0 aliphatic rings. The van der Waals surface area contributed by atoms with Crippen molar-refractivity contribution in [2.24, 2.45) is 0 Å². The molecule has 6 nitrogen and oxygen atoms in total. The number of rotatable bonds is 35. The summed E-state index contributed by atoms with van der Waals surface area (Å²) in [5.74, 6) is -1.39. The maximum atomic E-state index is 12.0. The van der Waals surface area contributed by atoms with Crippen molar-refractivity contribution in [3.63, 3.8) is 0 Å².